The first-order chi connectivity index (χ1) is 18.6. The van der Waals surface area contributed by atoms with Gasteiger partial charge in [-0.05, 0) is 84.0 Å². The average Bonchev–Trinajstić information content (AvgIpc) is 2.97. The third-order valence-electron chi connectivity index (χ3n) is 6.80. The van der Waals surface area contributed by atoms with Crippen LogP contribution in [0, 0.1) is 0 Å². The van der Waals surface area contributed by atoms with Crippen LogP contribution in [-0.2, 0) is 6.42 Å². The van der Waals surface area contributed by atoms with Crippen molar-refractivity contribution < 1.29 is 9.53 Å². The number of unbranched alkanes of at least 4 members (excludes halogenated alkanes) is 4. The molecule has 1 atom stereocenters. The van der Waals surface area contributed by atoms with E-state index in [9.17, 15) is 4.79 Å². The second-order valence-corrected chi connectivity index (χ2v) is 9.76. The van der Waals surface area contributed by atoms with Crippen molar-refractivity contribution in [1.82, 2.24) is 0 Å². The molecule has 0 N–H and O–H groups in total. The van der Waals surface area contributed by atoms with Gasteiger partial charge in [-0.2, -0.15) is 0 Å². The number of carbonyl (C=O) groups excluding carboxylic acids is 1. The van der Waals surface area contributed by atoms with E-state index in [4.69, 9.17) is 4.74 Å². The van der Waals surface area contributed by atoms with Gasteiger partial charge in [0.05, 0.1) is 11.6 Å². The summed E-state index contributed by atoms with van der Waals surface area (Å²) < 4.78 is 5.59. The Balaban J connectivity index is 1.29. The second-order valence-electron chi connectivity index (χ2n) is 9.76. The topological polar surface area (TPSA) is 38.7 Å². The lowest BCUT2D eigenvalue weighted by Crippen LogP contribution is -2.08. The molecule has 0 amide bonds. The Bertz CT molecular complexity index is 1290. The molecule has 0 aliphatic heterocycles. The van der Waals surface area contributed by atoms with Crippen LogP contribution >= 0.6 is 0 Å². The summed E-state index contributed by atoms with van der Waals surface area (Å²) in [5.41, 5.74) is 6.28. The summed E-state index contributed by atoms with van der Waals surface area (Å²) in [6, 6.07) is 34.0. The van der Waals surface area contributed by atoms with Gasteiger partial charge in [0, 0.05) is 6.21 Å². The molecule has 4 rings (SSSR count). The first kappa shape index (κ1) is 27.1. The van der Waals surface area contributed by atoms with E-state index in [1.54, 1.807) is 12.1 Å². The van der Waals surface area contributed by atoms with E-state index in [2.05, 4.69) is 55.2 Å². The van der Waals surface area contributed by atoms with Gasteiger partial charge in [0.25, 0.3) is 0 Å². The predicted molar refractivity (Wildman–Crippen MR) is 158 cm³/mol. The van der Waals surface area contributed by atoms with Crippen LogP contribution in [0.5, 0.6) is 5.75 Å². The molecule has 0 unspecified atom stereocenters. The smallest absolute Gasteiger partial charge is 0.343 e. The van der Waals surface area contributed by atoms with Crippen LogP contribution in [-0.4, -0.2) is 12.2 Å². The zero-order chi connectivity index (χ0) is 26.6. The summed E-state index contributed by atoms with van der Waals surface area (Å²) in [5, 5.41) is 0. The molecule has 0 bridgehead atoms. The van der Waals surface area contributed by atoms with E-state index >= 15 is 0 Å². The van der Waals surface area contributed by atoms with Crippen molar-refractivity contribution >= 4 is 12.2 Å². The summed E-state index contributed by atoms with van der Waals surface area (Å²) in [7, 11) is 0. The van der Waals surface area contributed by atoms with Crippen molar-refractivity contribution in [2.75, 3.05) is 0 Å². The van der Waals surface area contributed by atoms with Gasteiger partial charge in [0.15, 0.2) is 0 Å². The molecule has 4 aromatic rings. The van der Waals surface area contributed by atoms with Gasteiger partial charge in [-0.1, -0.05) is 99.3 Å². The average molecular weight is 504 g/mol. The van der Waals surface area contributed by atoms with E-state index in [0.717, 1.165) is 23.1 Å². The van der Waals surface area contributed by atoms with Gasteiger partial charge < -0.3 is 4.74 Å². The highest BCUT2D eigenvalue weighted by Crippen LogP contribution is 2.22. The van der Waals surface area contributed by atoms with Gasteiger partial charge in [-0.3, -0.25) is 4.99 Å². The normalized spacial score (nSPS) is 11.9. The lowest BCUT2D eigenvalue weighted by Gasteiger charge is -2.08. The molecule has 3 nitrogen and oxygen atoms in total. The van der Waals surface area contributed by atoms with Crippen LogP contribution in [0.3, 0.4) is 0 Å². The Hall–Kier alpha value is -3.98. The highest BCUT2D eigenvalue weighted by molar-refractivity contribution is 5.91. The lowest BCUT2D eigenvalue weighted by atomic mass is 10.00. The van der Waals surface area contributed by atoms with Crippen molar-refractivity contribution in [3.63, 3.8) is 0 Å². The van der Waals surface area contributed by atoms with Crippen molar-refractivity contribution in [3.8, 4) is 16.9 Å². The molecule has 3 heteroatoms. The Morgan fingerprint density at radius 1 is 0.763 bits per heavy atom. The molecule has 0 aliphatic carbocycles. The second kappa shape index (κ2) is 14.1. The number of aryl methyl sites for hydroxylation is 1. The van der Waals surface area contributed by atoms with Gasteiger partial charge in [-0.25, -0.2) is 4.79 Å². The number of hydrogen-bond acceptors (Lipinski definition) is 3. The molecule has 38 heavy (non-hydrogen) atoms. The summed E-state index contributed by atoms with van der Waals surface area (Å²) >= 11 is 0. The quantitative estimate of drug-likeness (QED) is 0.0836. The minimum atomic E-state index is -0.367. The van der Waals surface area contributed by atoms with Crippen molar-refractivity contribution in [2.24, 2.45) is 4.99 Å². The maximum Gasteiger partial charge on any atom is 0.343 e. The Morgan fingerprint density at radius 3 is 2.05 bits per heavy atom. The van der Waals surface area contributed by atoms with Crippen LogP contribution < -0.4 is 4.74 Å². The summed E-state index contributed by atoms with van der Waals surface area (Å²) in [6.07, 6.45) is 9.48. The number of aliphatic imine (C=N–C) groups is 1. The molecular formula is C35H37NO2. The number of rotatable bonds is 12. The standard InChI is InChI=1S/C35H37NO2/c1-3-4-5-6-8-11-28-14-18-31(19-15-28)32-20-22-33(23-21-32)35(37)38-34-24-16-29(17-25-34)26-36-27(2)30-12-9-7-10-13-30/h7,9-10,12-27H,3-6,8,11H2,1-2H3/t27-/m0/s1. The molecule has 4 aromatic carbocycles. The summed E-state index contributed by atoms with van der Waals surface area (Å²) in [6.45, 7) is 4.32. The first-order valence-corrected chi connectivity index (χ1v) is 13.7. The van der Waals surface area contributed by atoms with E-state index in [0.29, 0.717) is 11.3 Å². The Morgan fingerprint density at radius 2 is 1.39 bits per heavy atom. The molecule has 0 radical (unpaired) electrons. The van der Waals surface area contributed by atoms with Gasteiger partial charge in [-0.15, -0.1) is 0 Å². The fourth-order valence-electron chi connectivity index (χ4n) is 4.40. The predicted octanol–water partition coefficient (Wildman–Crippen LogP) is 9.27. The van der Waals surface area contributed by atoms with Crippen molar-refractivity contribution in [1.29, 1.82) is 0 Å². The van der Waals surface area contributed by atoms with Gasteiger partial charge in [0.1, 0.15) is 5.75 Å². The number of hydrogen-bond donors (Lipinski definition) is 0. The number of nitrogens with zero attached hydrogens (tertiary/aromatic N) is 1. The SMILES string of the molecule is CCCCCCCc1ccc(-c2ccc(C(=O)Oc3ccc(C=N[C@@H](C)c4ccccc4)cc3)cc2)cc1. The van der Waals surface area contributed by atoms with E-state index in [-0.39, 0.29) is 12.0 Å². The molecule has 194 valence electrons. The van der Waals surface area contributed by atoms with Crippen LogP contribution in [0.4, 0.5) is 0 Å². The number of carbonyl (C=O) groups is 1. The zero-order valence-electron chi connectivity index (χ0n) is 22.5. The molecule has 0 aliphatic rings. The highest BCUT2D eigenvalue weighted by atomic mass is 16.5. The van der Waals surface area contributed by atoms with Gasteiger partial charge in [0.2, 0.25) is 0 Å². The number of ether oxygens (including phenoxy) is 1. The first-order valence-electron chi connectivity index (χ1n) is 13.7. The maximum absolute atomic E-state index is 12.7. The van der Waals surface area contributed by atoms with Crippen molar-refractivity contribution in [3.05, 3.63) is 125 Å². The van der Waals surface area contributed by atoms with E-state index in [1.165, 1.54) is 43.2 Å². The monoisotopic (exact) mass is 503 g/mol. The van der Waals surface area contributed by atoms with E-state index in [1.807, 2.05) is 60.8 Å². The third kappa shape index (κ3) is 8.01. The van der Waals surface area contributed by atoms with Crippen LogP contribution in [0.25, 0.3) is 11.1 Å². The molecule has 0 saturated carbocycles. The number of esters is 1. The molecule has 0 aromatic heterocycles. The molecule has 0 spiro atoms. The van der Waals surface area contributed by atoms with Gasteiger partial charge >= 0.3 is 5.97 Å². The Labute approximate surface area is 227 Å². The van der Waals surface area contributed by atoms with Crippen LogP contribution in [0.2, 0.25) is 0 Å². The molecule has 0 fully saturated rings. The number of benzene rings is 4. The lowest BCUT2D eigenvalue weighted by molar-refractivity contribution is 0.0735. The highest BCUT2D eigenvalue weighted by Gasteiger charge is 2.09. The fourth-order valence-corrected chi connectivity index (χ4v) is 4.40. The van der Waals surface area contributed by atoms with E-state index < -0.39 is 0 Å². The minimum Gasteiger partial charge on any atom is -0.423 e. The largest absolute Gasteiger partial charge is 0.423 e. The van der Waals surface area contributed by atoms with Crippen molar-refractivity contribution in [2.45, 2.75) is 58.4 Å². The van der Waals surface area contributed by atoms with Crippen LogP contribution in [0.1, 0.15) is 79.0 Å². The molecule has 0 heterocycles. The molecule has 0 saturated heterocycles. The Kier molecular flexibility index (Phi) is 10.0. The minimum absolute atomic E-state index is 0.0786. The summed E-state index contributed by atoms with van der Waals surface area (Å²) in [4.78, 5) is 17.3. The zero-order valence-corrected chi connectivity index (χ0v) is 22.5. The molecular weight excluding hydrogens is 466 g/mol. The fraction of sp³-hybridized carbons (Fsp3) is 0.257. The maximum atomic E-state index is 12.7. The summed E-state index contributed by atoms with van der Waals surface area (Å²) in [5.74, 6) is 0.145. The van der Waals surface area contributed by atoms with Crippen LogP contribution in [0.15, 0.2) is 108 Å². The third-order valence-corrected chi connectivity index (χ3v) is 6.80.